The molecule has 0 atom stereocenters. The topological polar surface area (TPSA) is 37.3 Å². The van der Waals surface area contributed by atoms with Crippen LogP contribution in [0.4, 0.5) is 0 Å². The molecular formula is C6H16O2P+. The third kappa shape index (κ3) is 27500. The van der Waals surface area contributed by atoms with Gasteiger partial charge in [-0.3, -0.25) is 4.79 Å². The van der Waals surface area contributed by atoms with Gasteiger partial charge < -0.3 is 5.11 Å². The van der Waals surface area contributed by atoms with Crippen molar-refractivity contribution >= 4 is 13.2 Å². The molecule has 0 aliphatic carbocycles. The summed E-state index contributed by atoms with van der Waals surface area (Å²) in [6, 6.07) is 0. The van der Waals surface area contributed by atoms with E-state index in [1.165, 1.54) is 0 Å². The van der Waals surface area contributed by atoms with Crippen LogP contribution in [0.15, 0.2) is 0 Å². The molecule has 0 heterocycles. The average Bonchev–Trinajstić information content (AvgIpc) is 1.19. The van der Waals surface area contributed by atoms with Gasteiger partial charge in [-0.15, -0.1) is 0 Å². The predicted octanol–water partition coefficient (Wildman–Crippen LogP) is 1.61. The van der Waals surface area contributed by atoms with Crippen LogP contribution < -0.4 is 0 Å². The van der Waals surface area contributed by atoms with Gasteiger partial charge in [-0.2, -0.15) is 0 Å². The average molecular weight is 151 g/mol. The lowest BCUT2D eigenvalue weighted by Gasteiger charge is -1.97. The predicted molar refractivity (Wildman–Crippen MR) is 43.9 cm³/mol. The fraction of sp³-hybridized carbons (Fsp3) is 0.833. The van der Waals surface area contributed by atoms with Crippen molar-refractivity contribution in [2.75, 3.05) is 26.7 Å². The SMILES string of the molecule is CC(=O)O.C[P+](C)(C)C. The molecule has 0 spiro atoms. The first-order chi connectivity index (χ1) is 3.73. The van der Waals surface area contributed by atoms with Gasteiger partial charge in [0.1, 0.15) is 0 Å². The number of hydrogen-bond acceptors (Lipinski definition) is 1. The van der Waals surface area contributed by atoms with Crippen LogP contribution in [-0.2, 0) is 4.79 Å². The molecule has 0 rings (SSSR count). The summed E-state index contributed by atoms with van der Waals surface area (Å²) in [4.78, 5) is 9.00. The lowest BCUT2D eigenvalue weighted by Crippen LogP contribution is -1.78. The standard InChI is InChI=1S/C4H12P.C2H4O2/c1-5(2,3)4;1-2(3)4/h1-4H3;1H3,(H,3,4)/q+1;. The fourth-order valence-corrected chi connectivity index (χ4v) is 0. The van der Waals surface area contributed by atoms with Crippen molar-refractivity contribution in [3.63, 3.8) is 0 Å². The van der Waals surface area contributed by atoms with Crippen molar-refractivity contribution in [3.05, 3.63) is 0 Å². The third-order valence-corrected chi connectivity index (χ3v) is 0. The Labute approximate surface area is 57.6 Å². The molecule has 0 unspecified atom stereocenters. The summed E-state index contributed by atoms with van der Waals surface area (Å²) in [5.74, 6) is -0.833. The second-order valence-electron chi connectivity index (χ2n) is 3.20. The molecule has 9 heavy (non-hydrogen) atoms. The molecule has 1 N–H and O–H groups in total. The number of carboxylic acid groups (broad SMARTS) is 1. The molecule has 0 aliphatic rings. The van der Waals surface area contributed by atoms with Crippen LogP contribution in [0.3, 0.4) is 0 Å². The monoisotopic (exact) mass is 151 g/mol. The zero-order chi connectivity index (χ0) is 8.08. The molecule has 0 radical (unpaired) electrons. The largest absolute Gasteiger partial charge is 0.481 e. The smallest absolute Gasteiger partial charge is 0.300 e. The van der Waals surface area contributed by atoms with Crippen LogP contribution in [0.1, 0.15) is 6.92 Å². The molecule has 0 bridgehead atoms. The normalized spacial score (nSPS) is 9.44. The van der Waals surface area contributed by atoms with Crippen molar-refractivity contribution in [1.29, 1.82) is 0 Å². The molecule has 0 aromatic heterocycles. The summed E-state index contributed by atoms with van der Waals surface area (Å²) in [7, 11) is -0.389. The maximum atomic E-state index is 9.00. The summed E-state index contributed by atoms with van der Waals surface area (Å²) in [6.07, 6.45) is 0. The fourth-order valence-electron chi connectivity index (χ4n) is 0. The van der Waals surface area contributed by atoms with Gasteiger partial charge in [0.15, 0.2) is 0 Å². The van der Waals surface area contributed by atoms with Gasteiger partial charge in [0, 0.05) is 40.8 Å². The highest BCUT2D eigenvalue weighted by Gasteiger charge is 2.03. The summed E-state index contributed by atoms with van der Waals surface area (Å²) in [5.41, 5.74) is 0. The molecule has 0 amide bonds. The highest BCUT2D eigenvalue weighted by Crippen LogP contribution is 2.40. The van der Waals surface area contributed by atoms with Crippen molar-refractivity contribution < 1.29 is 9.90 Å². The van der Waals surface area contributed by atoms with Gasteiger partial charge in [-0.1, -0.05) is 0 Å². The number of carboxylic acids is 1. The molecule has 3 heteroatoms. The molecule has 0 saturated carbocycles. The molecule has 0 saturated heterocycles. The van der Waals surface area contributed by atoms with E-state index in [1.54, 1.807) is 0 Å². The number of aliphatic carboxylic acids is 1. The number of rotatable bonds is 0. The Kier molecular flexibility index (Phi) is 6.16. The van der Waals surface area contributed by atoms with Gasteiger partial charge in [0.05, 0.1) is 0 Å². The molecule has 0 aliphatic heterocycles. The molecule has 0 aromatic carbocycles. The van der Waals surface area contributed by atoms with Gasteiger partial charge in [-0.25, -0.2) is 0 Å². The Morgan fingerprint density at radius 2 is 1.22 bits per heavy atom. The van der Waals surface area contributed by atoms with E-state index in [2.05, 4.69) is 26.7 Å². The van der Waals surface area contributed by atoms with E-state index in [-0.39, 0.29) is 7.26 Å². The maximum absolute atomic E-state index is 9.00. The molecule has 56 valence electrons. The second-order valence-corrected chi connectivity index (χ2v) is 8.57. The first kappa shape index (κ1) is 11.7. The van der Waals surface area contributed by atoms with E-state index in [1.807, 2.05) is 0 Å². The van der Waals surface area contributed by atoms with Gasteiger partial charge >= 0.3 is 0 Å². The zero-order valence-corrected chi connectivity index (χ0v) is 7.70. The minimum atomic E-state index is -0.833. The van der Waals surface area contributed by atoms with Crippen molar-refractivity contribution in [2.24, 2.45) is 0 Å². The van der Waals surface area contributed by atoms with Crippen LogP contribution in [0, 0.1) is 0 Å². The third-order valence-electron chi connectivity index (χ3n) is 0. The molecule has 0 aromatic rings. The zero-order valence-electron chi connectivity index (χ0n) is 6.80. The molecule has 2 nitrogen and oxygen atoms in total. The quantitative estimate of drug-likeness (QED) is 0.534. The van der Waals surface area contributed by atoms with Crippen LogP contribution in [0.2, 0.25) is 0 Å². The lowest BCUT2D eigenvalue weighted by molar-refractivity contribution is -0.134. The minimum absolute atomic E-state index is 0.389. The molecule has 0 fully saturated rings. The first-order valence-electron chi connectivity index (χ1n) is 2.72. The highest BCUT2D eigenvalue weighted by atomic mass is 31.2. The van der Waals surface area contributed by atoms with Gasteiger partial charge in [0.25, 0.3) is 5.97 Å². The van der Waals surface area contributed by atoms with E-state index < -0.39 is 5.97 Å². The Hall–Kier alpha value is -0.100. The lowest BCUT2D eigenvalue weighted by atomic mass is 10.9. The van der Waals surface area contributed by atoms with Crippen LogP contribution in [0.25, 0.3) is 0 Å². The van der Waals surface area contributed by atoms with Crippen LogP contribution >= 0.6 is 7.26 Å². The Morgan fingerprint density at radius 3 is 1.22 bits per heavy atom. The Balaban J connectivity index is 0. The van der Waals surface area contributed by atoms with E-state index in [0.717, 1.165) is 6.92 Å². The summed E-state index contributed by atoms with van der Waals surface area (Å²) < 4.78 is 0. The van der Waals surface area contributed by atoms with Crippen molar-refractivity contribution in [2.45, 2.75) is 6.92 Å². The number of carbonyl (C=O) groups is 1. The summed E-state index contributed by atoms with van der Waals surface area (Å²) in [5, 5.41) is 7.42. The van der Waals surface area contributed by atoms with Gasteiger partial charge in [-0.05, 0) is 0 Å². The first-order valence-corrected chi connectivity index (χ1v) is 6.29. The Bertz CT molecular complexity index is 73.5. The summed E-state index contributed by atoms with van der Waals surface area (Å²) >= 11 is 0. The van der Waals surface area contributed by atoms with Crippen molar-refractivity contribution in [3.8, 4) is 0 Å². The van der Waals surface area contributed by atoms with Crippen LogP contribution in [-0.4, -0.2) is 37.7 Å². The summed E-state index contributed by atoms with van der Waals surface area (Å²) in [6.45, 7) is 10.3. The maximum Gasteiger partial charge on any atom is 0.300 e. The van der Waals surface area contributed by atoms with E-state index >= 15 is 0 Å². The van der Waals surface area contributed by atoms with E-state index in [9.17, 15) is 0 Å². The van der Waals surface area contributed by atoms with E-state index in [0.29, 0.717) is 0 Å². The highest BCUT2D eigenvalue weighted by molar-refractivity contribution is 7.72. The Morgan fingerprint density at radius 1 is 1.22 bits per heavy atom. The number of hydrogen-bond donors (Lipinski definition) is 1. The van der Waals surface area contributed by atoms with Crippen molar-refractivity contribution in [1.82, 2.24) is 0 Å². The van der Waals surface area contributed by atoms with Gasteiger partial charge in [0.2, 0.25) is 0 Å². The van der Waals surface area contributed by atoms with E-state index in [4.69, 9.17) is 9.90 Å². The van der Waals surface area contributed by atoms with Crippen LogP contribution in [0.5, 0.6) is 0 Å². The second kappa shape index (κ2) is 4.75. The minimum Gasteiger partial charge on any atom is -0.481 e. The molecular weight excluding hydrogens is 135 g/mol.